The summed E-state index contributed by atoms with van der Waals surface area (Å²) >= 11 is 0. The van der Waals surface area contributed by atoms with E-state index in [0.717, 1.165) is 24.0 Å². The van der Waals surface area contributed by atoms with Gasteiger partial charge in [-0.3, -0.25) is 4.79 Å². The van der Waals surface area contributed by atoms with Gasteiger partial charge in [0, 0.05) is 11.8 Å². The summed E-state index contributed by atoms with van der Waals surface area (Å²) in [6.07, 6.45) is 2.08. The Morgan fingerprint density at radius 1 is 1.03 bits per heavy atom. The van der Waals surface area contributed by atoms with Crippen molar-refractivity contribution in [3.63, 3.8) is 0 Å². The van der Waals surface area contributed by atoms with E-state index in [1.165, 1.54) is 23.8 Å². The Bertz CT molecular complexity index is 870. The van der Waals surface area contributed by atoms with Crippen molar-refractivity contribution in [2.24, 2.45) is 0 Å². The Hall–Kier alpha value is -2.37. The van der Waals surface area contributed by atoms with Crippen LogP contribution in [-0.2, 0) is 21.4 Å². The first kappa shape index (κ1) is 24.9. The Balaban J connectivity index is 2.34. The van der Waals surface area contributed by atoms with Crippen LogP contribution in [0.25, 0.3) is 0 Å². The van der Waals surface area contributed by atoms with Gasteiger partial charge in [-0.05, 0) is 67.0 Å². The number of aliphatic hydroxyl groups is 2. The molecule has 0 fully saturated rings. The Kier molecular flexibility index (Phi) is 9.08. The molecule has 0 aliphatic rings. The van der Waals surface area contributed by atoms with Crippen molar-refractivity contribution >= 4 is 5.97 Å². The lowest BCUT2D eigenvalue weighted by atomic mass is 9.69. The van der Waals surface area contributed by atoms with Gasteiger partial charge >= 0.3 is 5.97 Å². The van der Waals surface area contributed by atoms with E-state index in [4.69, 9.17) is 14.6 Å². The van der Waals surface area contributed by atoms with E-state index in [0.29, 0.717) is 18.6 Å². The van der Waals surface area contributed by atoms with Crippen molar-refractivity contribution in [3.05, 3.63) is 64.2 Å². The van der Waals surface area contributed by atoms with E-state index in [1.54, 1.807) is 0 Å². The largest absolute Gasteiger partial charge is 0.491 e. The van der Waals surface area contributed by atoms with Gasteiger partial charge in [-0.25, -0.2) is 0 Å². The highest BCUT2D eigenvalue weighted by atomic mass is 16.5. The summed E-state index contributed by atoms with van der Waals surface area (Å²) in [6, 6.07) is 12.8. The number of hydrogen-bond donors (Lipinski definition) is 2. The second-order valence-corrected chi connectivity index (χ2v) is 8.13. The van der Waals surface area contributed by atoms with Crippen LogP contribution in [-0.4, -0.2) is 42.6 Å². The number of carbonyl (C=O) groups excluding carboxylic acids is 1. The van der Waals surface area contributed by atoms with E-state index >= 15 is 0 Å². The highest BCUT2D eigenvalue weighted by molar-refractivity contribution is 5.69. The van der Waals surface area contributed by atoms with Crippen molar-refractivity contribution in [2.75, 3.05) is 20.3 Å². The zero-order chi connectivity index (χ0) is 23.0. The molecule has 0 amide bonds. The number of rotatable bonds is 11. The molecule has 0 aliphatic carbocycles. The molecule has 2 N–H and O–H groups in total. The molecule has 0 radical (unpaired) electrons. The molecule has 0 bridgehead atoms. The van der Waals surface area contributed by atoms with Crippen LogP contribution in [0.1, 0.15) is 60.9 Å². The summed E-state index contributed by atoms with van der Waals surface area (Å²) in [5.41, 5.74) is 5.71. The molecule has 2 aromatic carbocycles. The average Bonchev–Trinajstić information content (AvgIpc) is 2.78. The highest BCUT2D eigenvalue weighted by Gasteiger charge is 2.31. The summed E-state index contributed by atoms with van der Waals surface area (Å²) < 4.78 is 10.4. The maximum Gasteiger partial charge on any atom is 0.305 e. The van der Waals surface area contributed by atoms with Crippen molar-refractivity contribution in [1.82, 2.24) is 0 Å². The van der Waals surface area contributed by atoms with Crippen molar-refractivity contribution < 1.29 is 24.5 Å². The molecule has 170 valence electrons. The third-order valence-electron chi connectivity index (χ3n) is 6.30. The van der Waals surface area contributed by atoms with Crippen molar-refractivity contribution in [2.45, 2.75) is 64.9 Å². The molecule has 1 unspecified atom stereocenters. The molecule has 5 nitrogen and oxygen atoms in total. The molecule has 0 aliphatic heterocycles. The number of hydrogen-bond acceptors (Lipinski definition) is 5. The lowest BCUT2D eigenvalue weighted by Gasteiger charge is -2.34. The summed E-state index contributed by atoms with van der Waals surface area (Å²) in [5, 5.41) is 18.5. The number of methoxy groups -OCH3 is 1. The van der Waals surface area contributed by atoms with Gasteiger partial charge in [0.15, 0.2) is 0 Å². The van der Waals surface area contributed by atoms with E-state index in [1.807, 2.05) is 13.0 Å². The number of aliphatic hydroxyl groups excluding tert-OH is 2. The van der Waals surface area contributed by atoms with Gasteiger partial charge in [0.2, 0.25) is 0 Å². The number of carbonyl (C=O) groups is 1. The molecule has 0 spiro atoms. The lowest BCUT2D eigenvalue weighted by molar-refractivity contribution is -0.140. The first-order valence-electron chi connectivity index (χ1n) is 11.0. The minimum absolute atomic E-state index is 0.0651. The van der Waals surface area contributed by atoms with Gasteiger partial charge in [-0.2, -0.15) is 0 Å². The van der Waals surface area contributed by atoms with Gasteiger partial charge < -0.3 is 19.7 Å². The third-order valence-corrected chi connectivity index (χ3v) is 6.30. The number of benzene rings is 2. The molecule has 0 aromatic heterocycles. The molecule has 0 heterocycles. The predicted octanol–water partition coefficient (Wildman–Crippen LogP) is 4.25. The average molecular weight is 429 g/mol. The predicted molar refractivity (Wildman–Crippen MR) is 123 cm³/mol. The van der Waals surface area contributed by atoms with Gasteiger partial charge in [0.1, 0.15) is 18.5 Å². The van der Waals surface area contributed by atoms with Crippen LogP contribution in [0, 0.1) is 13.8 Å². The Morgan fingerprint density at radius 3 is 2.16 bits per heavy atom. The summed E-state index contributed by atoms with van der Waals surface area (Å²) in [6.45, 7) is 8.27. The quantitative estimate of drug-likeness (QED) is 0.524. The fourth-order valence-electron chi connectivity index (χ4n) is 4.19. The highest BCUT2D eigenvalue weighted by Crippen LogP contribution is 2.41. The second-order valence-electron chi connectivity index (χ2n) is 8.13. The Morgan fingerprint density at radius 2 is 1.65 bits per heavy atom. The molecule has 1 atom stereocenters. The molecule has 5 heteroatoms. The molecular weight excluding hydrogens is 392 g/mol. The minimum atomic E-state index is -0.884. The van der Waals surface area contributed by atoms with Gasteiger partial charge in [-0.1, -0.05) is 44.2 Å². The van der Waals surface area contributed by atoms with E-state index in [-0.39, 0.29) is 24.6 Å². The monoisotopic (exact) mass is 428 g/mol. The lowest BCUT2D eigenvalue weighted by Crippen LogP contribution is -2.26. The smallest absolute Gasteiger partial charge is 0.305 e. The van der Waals surface area contributed by atoms with E-state index in [9.17, 15) is 9.90 Å². The zero-order valence-electron chi connectivity index (χ0n) is 19.4. The fraction of sp³-hybridized carbons (Fsp3) is 0.500. The van der Waals surface area contributed by atoms with Crippen LogP contribution in [0.4, 0.5) is 0 Å². The molecule has 0 saturated carbocycles. The molecule has 2 rings (SSSR count). The van der Waals surface area contributed by atoms with Crippen LogP contribution < -0.4 is 4.74 Å². The third kappa shape index (κ3) is 5.86. The first-order chi connectivity index (χ1) is 14.8. The standard InChI is InChI=1S/C26H36O5/c1-6-26(7-2,21-10-8-20(18(3)14-21)9-13-25(29)30-5)22-11-12-24(19(4)15-22)31-17-23(28)16-27/h8,10-12,14-15,23,27-28H,6-7,9,13,16-17H2,1-5H3. The summed E-state index contributed by atoms with van der Waals surface area (Å²) in [5.74, 6) is 0.524. The van der Waals surface area contributed by atoms with Gasteiger partial charge in [0.05, 0.1) is 13.7 Å². The SMILES string of the molecule is CCC(CC)(c1ccc(CCC(=O)OC)c(C)c1)c1ccc(OCC(O)CO)c(C)c1. The van der Waals surface area contributed by atoms with Crippen molar-refractivity contribution in [1.29, 1.82) is 0 Å². The fourth-order valence-corrected chi connectivity index (χ4v) is 4.19. The van der Waals surface area contributed by atoms with Crippen LogP contribution in [0.15, 0.2) is 36.4 Å². The zero-order valence-corrected chi connectivity index (χ0v) is 19.4. The van der Waals surface area contributed by atoms with Crippen LogP contribution in [0.2, 0.25) is 0 Å². The van der Waals surface area contributed by atoms with E-state index in [2.05, 4.69) is 51.1 Å². The molecule has 31 heavy (non-hydrogen) atoms. The maximum atomic E-state index is 11.5. The number of esters is 1. The van der Waals surface area contributed by atoms with Crippen LogP contribution >= 0.6 is 0 Å². The number of aryl methyl sites for hydroxylation is 3. The van der Waals surface area contributed by atoms with Gasteiger partial charge in [0.25, 0.3) is 0 Å². The summed E-state index contributed by atoms with van der Waals surface area (Å²) in [4.78, 5) is 11.5. The minimum Gasteiger partial charge on any atom is -0.491 e. The molecular formula is C26H36O5. The van der Waals surface area contributed by atoms with Crippen LogP contribution in [0.3, 0.4) is 0 Å². The maximum absolute atomic E-state index is 11.5. The number of ether oxygens (including phenoxy) is 2. The first-order valence-corrected chi connectivity index (χ1v) is 11.0. The topological polar surface area (TPSA) is 76.0 Å². The van der Waals surface area contributed by atoms with Crippen molar-refractivity contribution in [3.8, 4) is 5.75 Å². The van der Waals surface area contributed by atoms with E-state index < -0.39 is 6.10 Å². The van der Waals surface area contributed by atoms with Crippen LogP contribution in [0.5, 0.6) is 5.75 Å². The Labute approximate surface area is 186 Å². The normalized spacial score (nSPS) is 12.5. The molecule has 2 aromatic rings. The summed E-state index contributed by atoms with van der Waals surface area (Å²) in [7, 11) is 1.42. The van der Waals surface area contributed by atoms with Gasteiger partial charge in [-0.15, -0.1) is 0 Å². The molecule has 0 saturated heterocycles. The second kappa shape index (κ2) is 11.3.